The lowest BCUT2D eigenvalue weighted by Gasteiger charge is -2.28. The average Bonchev–Trinajstić information content (AvgIpc) is 3.51. The van der Waals surface area contributed by atoms with Gasteiger partial charge < -0.3 is 27.9 Å². The van der Waals surface area contributed by atoms with Crippen LogP contribution in [-0.2, 0) is 32.7 Å². The van der Waals surface area contributed by atoms with Gasteiger partial charge in [-0.1, -0.05) is 323 Å². The van der Waals surface area contributed by atoms with Crippen LogP contribution in [0, 0.1) is 0 Å². The molecule has 0 heterocycles. The van der Waals surface area contributed by atoms with E-state index in [-0.39, 0.29) is 32.0 Å². The molecular weight excluding hydrogens is 1070 g/mol. The van der Waals surface area contributed by atoms with Crippen LogP contribution in [-0.4, -0.2) is 70.0 Å². The van der Waals surface area contributed by atoms with Gasteiger partial charge in [0.15, 0.2) is 6.10 Å². The first kappa shape index (κ1) is 81.9. The molecule has 0 aliphatic heterocycles. The number of unbranched alkanes of at least 4 members (excludes halogenated alkanes) is 35. The van der Waals surface area contributed by atoms with Gasteiger partial charge in [0.25, 0.3) is 7.82 Å². The van der Waals surface area contributed by atoms with E-state index in [1.807, 2.05) is 21.1 Å². The minimum Gasteiger partial charge on any atom is -0.756 e. The normalized spacial score (nSPS) is 13.7. The molecule has 0 aromatic rings. The Morgan fingerprint density at radius 3 is 1.00 bits per heavy atom. The highest BCUT2D eigenvalue weighted by Gasteiger charge is 2.22. The van der Waals surface area contributed by atoms with Crippen molar-refractivity contribution < 1.29 is 42.1 Å². The maximum atomic E-state index is 12.9. The van der Waals surface area contributed by atoms with E-state index >= 15 is 0 Å². The largest absolute Gasteiger partial charge is 0.756 e. The molecule has 0 fully saturated rings. The molecule has 2 unspecified atom stereocenters. The van der Waals surface area contributed by atoms with Crippen molar-refractivity contribution in [3.63, 3.8) is 0 Å². The summed E-state index contributed by atoms with van der Waals surface area (Å²) in [5.41, 5.74) is 0. The quantitative estimate of drug-likeness (QED) is 0.0195. The average molecular weight is 1210 g/mol. The highest BCUT2D eigenvalue weighted by molar-refractivity contribution is 7.45. The Hall–Kier alpha value is -3.07. The van der Waals surface area contributed by atoms with Gasteiger partial charge in [0.05, 0.1) is 27.7 Å². The number of ether oxygens (including phenoxy) is 2. The van der Waals surface area contributed by atoms with Gasteiger partial charge in [-0.05, 0) is 77.0 Å². The minimum absolute atomic E-state index is 0.0338. The van der Waals surface area contributed by atoms with E-state index in [0.29, 0.717) is 17.4 Å². The first-order chi connectivity index (χ1) is 41.5. The number of phosphoric acid groups is 1. The monoisotopic (exact) mass is 1210 g/mol. The van der Waals surface area contributed by atoms with Gasteiger partial charge in [-0.25, -0.2) is 0 Å². The summed E-state index contributed by atoms with van der Waals surface area (Å²) in [5, 5.41) is 0. The summed E-state index contributed by atoms with van der Waals surface area (Å²) in [5.74, 6) is -0.829. The van der Waals surface area contributed by atoms with E-state index in [2.05, 4.69) is 111 Å². The Labute approximate surface area is 525 Å². The highest BCUT2D eigenvalue weighted by atomic mass is 31.2. The lowest BCUT2D eigenvalue weighted by Crippen LogP contribution is -2.37. The minimum atomic E-state index is -4.65. The number of allylic oxidation sites excluding steroid dienone is 16. The molecule has 0 saturated carbocycles. The van der Waals surface area contributed by atoms with Crippen LogP contribution in [0.5, 0.6) is 0 Å². The zero-order valence-electron chi connectivity index (χ0n) is 56.0. The van der Waals surface area contributed by atoms with Crippen LogP contribution in [0.15, 0.2) is 97.2 Å². The number of carbonyl (C=O) groups is 2. The Morgan fingerprint density at radius 1 is 0.376 bits per heavy atom. The smallest absolute Gasteiger partial charge is 0.306 e. The summed E-state index contributed by atoms with van der Waals surface area (Å²) in [7, 11) is 1.17. The number of hydrogen-bond acceptors (Lipinski definition) is 8. The molecule has 0 rings (SSSR count). The topological polar surface area (TPSA) is 111 Å². The van der Waals surface area contributed by atoms with E-state index in [9.17, 15) is 19.0 Å². The molecule has 2 atom stereocenters. The Bertz CT molecular complexity index is 1760. The number of carbonyl (C=O) groups excluding carboxylic acids is 2. The summed E-state index contributed by atoms with van der Waals surface area (Å²) in [6, 6.07) is 0. The van der Waals surface area contributed by atoms with Gasteiger partial charge in [0, 0.05) is 12.8 Å². The maximum Gasteiger partial charge on any atom is 0.306 e. The first-order valence-electron chi connectivity index (χ1n) is 35.4. The van der Waals surface area contributed by atoms with Gasteiger partial charge in [0.1, 0.15) is 19.8 Å². The summed E-state index contributed by atoms with van der Waals surface area (Å²) < 4.78 is 34.3. The van der Waals surface area contributed by atoms with Crippen molar-refractivity contribution in [2.75, 3.05) is 47.5 Å². The van der Waals surface area contributed by atoms with Crippen LogP contribution in [0.4, 0.5) is 0 Å². The fraction of sp³-hybridized carbons (Fsp3) is 0.760. The number of phosphoric ester groups is 1. The third-order valence-electron chi connectivity index (χ3n) is 15.4. The number of esters is 2. The second-order valence-electron chi connectivity index (χ2n) is 24.9. The molecule has 10 heteroatoms. The van der Waals surface area contributed by atoms with Gasteiger partial charge >= 0.3 is 11.9 Å². The van der Waals surface area contributed by atoms with Gasteiger partial charge in [-0.2, -0.15) is 0 Å². The third kappa shape index (κ3) is 69.9. The molecule has 0 amide bonds. The van der Waals surface area contributed by atoms with Crippen molar-refractivity contribution in [1.29, 1.82) is 0 Å². The van der Waals surface area contributed by atoms with Crippen molar-refractivity contribution >= 4 is 19.8 Å². The molecule has 0 aliphatic carbocycles. The fourth-order valence-corrected chi connectivity index (χ4v) is 10.7. The van der Waals surface area contributed by atoms with Crippen LogP contribution in [0.3, 0.4) is 0 Å². The molecule has 0 aromatic heterocycles. The summed E-state index contributed by atoms with van der Waals surface area (Å²) >= 11 is 0. The summed E-state index contributed by atoms with van der Waals surface area (Å²) in [6.07, 6.45) is 90.6. The summed E-state index contributed by atoms with van der Waals surface area (Å²) in [6.45, 7) is 4.16. The van der Waals surface area contributed by atoms with Crippen molar-refractivity contribution in [3.8, 4) is 0 Å². The second kappa shape index (κ2) is 65.4. The molecule has 0 bridgehead atoms. The predicted octanol–water partition coefficient (Wildman–Crippen LogP) is 22.5. The van der Waals surface area contributed by atoms with Gasteiger partial charge in [0.2, 0.25) is 0 Å². The molecule has 0 N–H and O–H groups in total. The zero-order chi connectivity index (χ0) is 61.9. The first-order valence-corrected chi connectivity index (χ1v) is 36.9. The van der Waals surface area contributed by atoms with Crippen LogP contribution in [0.1, 0.15) is 316 Å². The number of hydrogen-bond donors (Lipinski definition) is 0. The maximum absolute atomic E-state index is 12.9. The number of likely N-dealkylation sites (N-methyl/N-ethyl adjacent to an activating group) is 1. The Balaban J connectivity index is 4.07. The number of nitrogens with zero attached hydrogens (tertiary/aromatic N) is 1. The second-order valence-corrected chi connectivity index (χ2v) is 26.3. The molecule has 0 aliphatic rings. The van der Waals surface area contributed by atoms with E-state index in [1.54, 1.807) is 0 Å². The lowest BCUT2D eigenvalue weighted by molar-refractivity contribution is -0.870. The zero-order valence-corrected chi connectivity index (χ0v) is 56.9. The third-order valence-corrected chi connectivity index (χ3v) is 16.3. The van der Waals surface area contributed by atoms with Crippen molar-refractivity contribution in [3.05, 3.63) is 97.2 Å². The van der Waals surface area contributed by atoms with Crippen LogP contribution in [0.2, 0.25) is 0 Å². The SMILES string of the molecule is CC/C=C\C/C=C\C/C=C\C/C=C\C/C=C\C/C=C\C/C=C\C/C=C\CCCCCCCCCCCCC(=O)OC(COC(=O)CCCCCCCCCCCCCCCCCCCCCCCCCCCC)COP(=O)([O-])OCC[N+](C)(C)C. The summed E-state index contributed by atoms with van der Waals surface area (Å²) in [4.78, 5) is 38.1. The van der Waals surface area contributed by atoms with Crippen LogP contribution < -0.4 is 4.89 Å². The molecule has 0 aromatic carbocycles. The molecule has 0 saturated heterocycles. The molecule has 0 radical (unpaired) electrons. The Morgan fingerprint density at radius 2 is 0.671 bits per heavy atom. The predicted molar refractivity (Wildman–Crippen MR) is 365 cm³/mol. The number of quaternary nitrogens is 1. The standard InChI is InChI=1S/C75H134NO8P/c1-6-8-10-12-14-16-18-20-22-24-26-28-30-32-34-35-36-37-38-39-40-41-42-44-46-48-50-52-54-56-58-60-62-64-66-68-75(78)84-73(72-83-85(79,80)82-70-69-76(3,4)5)71-81-74(77)67-65-63-61-59-57-55-53-51-49-47-45-43-33-31-29-27-25-23-21-19-17-15-13-11-9-7-2/h8,10,14,16,20,22,26,28,32,34,36-37,39-40,42,44,73H,6-7,9,11-13,15,17-19,21,23-25,27,29-31,33,35,38,41,43,45-72H2,1-5H3/b10-8-,16-14-,22-20-,28-26-,34-32-,37-36-,40-39-,44-42-. The molecule has 0 spiro atoms. The Kier molecular flexibility index (Phi) is 63.0. The van der Waals surface area contributed by atoms with Crippen LogP contribution in [0.25, 0.3) is 0 Å². The number of rotatable bonds is 65. The molecule has 492 valence electrons. The van der Waals surface area contributed by atoms with E-state index in [0.717, 1.165) is 96.3 Å². The molecular formula is C75H134NO8P. The fourth-order valence-electron chi connectivity index (χ4n) is 9.97. The van der Waals surface area contributed by atoms with Crippen molar-refractivity contribution in [2.24, 2.45) is 0 Å². The lowest BCUT2D eigenvalue weighted by atomic mass is 10.0. The molecule has 9 nitrogen and oxygen atoms in total. The molecule has 85 heavy (non-hydrogen) atoms. The highest BCUT2D eigenvalue weighted by Crippen LogP contribution is 2.38. The van der Waals surface area contributed by atoms with E-state index < -0.39 is 26.5 Å². The van der Waals surface area contributed by atoms with Gasteiger partial charge in [-0.15, -0.1) is 0 Å². The van der Waals surface area contributed by atoms with Crippen LogP contribution >= 0.6 is 7.82 Å². The van der Waals surface area contributed by atoms with E-state index in [1.165, 1.54) is 186 Å². The van der Waals surface area contributed by atoms with E-state index in [4.69, 9.17) is 18.5 Å². The van der Waals surface area contributed by atoms with Gasteiger partial charge in [-0.3, -0.25) is 14.2 Å². The van der Waals surface area contributed by atoms with Crippen molar-refractivity contribution in [2.45, 2.75) is 322 Å². The van der Waals surface area contributed by atoms with Crippen molar-refractivity contribution in [1.82, 2.24) is 0 Å².